The van der Waals surface area contributed by atoms with Crippen LogP contribution in [0.15, 0.2) is 60.9 Å². The summed E-state index contributed by atoms with van der Waals surface area (Å²) < 4.78 is 53.0. The number of nitrogens with zero attached hydrogens (tertiary/aromatic N) is 2. The minimum absolute atomic E-state index is 0.0807. The molecule has 6 nitrogen and oxygen atoms in total. The van der Waals surface area contributed by atoms with Crippen molar-refractivity contribution in [2.45, 2.75) is 25.2 Å². The average molecular weight is 435 g/mol. The second-order valence-electron chi connectivity index (χ2n) is 6.80. The van der Waals surface area contributed by atoms with Crippen LogP contribution in [-0.4, -0.2) is 22.2 Å². The first kappa shape index (κ1) is 22.2. The van der Waals surface area contributed by atoms with Gasteiger partial charge in [0, 0.05) is 23.3 Å². The number of amides is 1. The van der Waals surface area contributed by atoms with Gasteiger partial charge < -0.3 is 15.6 Å². The zero-order valence-corrected chi connectivity index (χ0v) is 16.1. The first-order chi connectivity index (χ1) is 14.6. The van der Waals surface area contributed by atoms with Crippen LogP contribution >= 0.6 is 0 Å². The van der Waals surface area contributed by atoms with Crippen molar-refractivity contribution in [2.24, 2.45) is 0 Å². The molecule has 3 rings (SSSR count). The molecule has 0 fully saturated rings. The number of carbonyl (C=O) groups excluding carboxylic acids is 1. The van der Waals surface area contributed by atoms with Crippen LogP contribution in [0.1, 0.15) is 40.7 Å². The Morgan fingerprint density at radius 2 is 1.94 bits per heavy atom. The molecule has 10 heteroatoms. The van der Waals surface area contributed by atoms with Gasteiger partial charge in [0.2, 0.25) is 5.69 Å². The Balaban J connectivity index is 1.99. The van der Waals surface area contributed by atoms with Crippen LogP contribution in [-0.2, 0) is 0 Å². The monoisotopic (exact) mass is 435 g/mol. The summed E-state index contributed by atoms with van der Waals surface area (Å²) in [4.78, 5) is 16.6. The van der Waals surface area contributed by atoms with Gasteiger partial charge in [0.05, 0.1) is 11.9 Å². The topological polar surface area (TPSA) is 89.2 Å². The van der Waals surface area contributed by atoms with Gasteiger partial charge >= 0.3 is 6.18 Å². The van der Waals surface area contributed by atoms with Crippen molar-refractivity contribution in [3.05, 3.63) is 88.8 Å². The van der Waals surface area contributed by atoms with E-state index < -0.39 is 35.6 Å². The fourth-order valence-corrected chi connectivity index (χ4v) is 2.95. The van der Waals surface area contributed by atoms with Crippen molar-refractivity contribution in [1.82, 2.24) is 10.3 Å². The second-order valence-corrected chi connectivity index (χ2v) is 6.80. The van der Waals surface area contributed by atoms with E-state index in [4.69, 9.17) is 0 Å². The summed E-state index contributed by atoms with van der Waals surface area (Å²) in [6.45, 7) is 1.54. The molecular formula is C21H17F4N3O3. The smallest absolute Gasteiger partial charge is 0.418 e. The molecule has 1 amide bonds. The molecule has 0 aliphatic carbocycles. The summed E-state index contributed by atoms with van der Waals surface area (Å²) >= 11 is 0. The molecule has 0 aliphatic rings. The standard InChI is InChI=1S/C21H17F4N3O3/c1-12(18-4-2-3-7-28(18)31)27-20(30)15-9-13(17-6-5-16(22)11-26-17)8-14(10-15)19(29)21(23,24)25/h2-12,19,29H,1H3,(H,27,30). The van der Waals surface area contributed by atoms with Gasteiger partial charge in [-0.3, -0.25) is 9.78 Å². The van der Waals surface area contributed by atoms with Crippen LogP contribution in [0.25, 0.3) is 11.3 Å². The molecule has 2 aromatic heterocycles. The van der Waals surface area contributed by atoms with E-state index in [1.165, 1.54) is 30.5 Å². The lowest BCUT2D eigenvalue weighted by Crippen LogP contribution is -2.38. The zero-order chi connectivity index (χ0) is 22.8. The van der Waals surface area contributed by atoms with Gasteiger partial charge in [-0.25, -0.2) is 4.39 Å². The van der Waals surface area contributed by atoms with Gasteiger partial charge in [0.15, 0.2) is 12.3 Å². The van der Waals surface area contributed by atoms with Gasteiger partial charge in [-0.05, 0) is 48.9 Å². The number of aliphatic hydroxyl groups excluding tert-OH is 1. The molecular weight excluding hydrogens is 418 g/mol. The number of halogens is 4. The van der Waals surface area contributed by atoms with Crippen molar-refractivity contribution >= 4 is 5.91 Å². The number of aromatic nitrogens is 2. The summed E-state index contributed by atoms with van der Waals surface area (Å²) in [5.74, 6) is -1.41. The maximum Gasteiger partial charge on any atom is 0.418 e. The molecule has 31 heavy (non-hydrogen) atoms. The Kier molecular flexibility index (Phi) is 6.21. The van der Waals surface area contributed by atoms with Crippen LogP contribution in [0.5, 0.6) is 0 Å². The van der Waals surface area contributed by atoms with Gasteiger partial charge in [-0.2, -0.15) is 17.9 Å². The van der Waals surface area contributed by atoms with E-state index in [2.05, 4.69) is 10.3 Å². The molecule has 2 unspecified atom stereocenters. The van der Waals surface area contributed by atoms with E-state index in [0.717, 1.165) is 24.4 Å². The fourth-order valence-electron chi connectivity index (χ4n) is 2.95. The summed E-state index contributed by atoms with van der Waals surface area (Å²) in [5.41, 5.74) is -0.352. The Labute approximate surface area is 174 Å². The highest BCUT2D eigenvalue weighted by atomic mass is 19.4. The SMILES string of the molecule is CC(NC(=O)c1cc(-c2ccc(F)cn2)cc(C(O)C(F)(F)F)c1)c1cccc[n+]1[O-]. The number of nitrogens with one attached hydrogen (secondary N) is 1. The molecule has 0 aliphatic heterocycles. The molecule has 0 spiro atoms. The Morgan fingerprint density at radius 1 is 1.19 bits per heavy atom. The number of pyridine rings is 2. The van der Waals surface area contributed by atoms with Gasteiger partial charge in [0.1, 0.15) is 11.9 Å². The number of hydrogen-bond acceptors (Lipinski definition) is 4. The molecule has 2 heterocycles. The zero-order valence-electron chi connectivity index (χ0n) is 16.1. The molecule has 2 atom stereocenters. The normalized spacial score (nSPS) is 13.5. The summed E-state index contributed by atoms with van der Waals surface area (Å²) in [7, 11) is 0. The number of alkyl halides is 3. The van der Waals surface area contributed by atoms with Gasteiger partial charge in [-0.1, -0.05) is 0 Å². The molecule has 0 radical (unpaired) electrons. The van der Waals surface area contributed by atoms with E-state index in [0.29, 0.717) is 4.73 Å². The quantitative estimate of drug-likeness (QED) is 0.364. The first-order valence-electron chi connectivity index (χ1n) is 9.07. The van der Waals surface area contributed by atoms with Crippen molar-refractivity contribution in [3.8, 4) is 11.3 Å². The van der Waals surface area contributed by atoms with E-state index in [1.807, 2.05) is 0 Å². The van der Waals surface area contributed by atoms with Crippen LogP contribution in [0.2, 0.25) is 0 Å². The van der Waals surface area contributed by atoms with Crippen molar-refractivity contribution in [3.63, 3.8) is 0 Å². The second kappa shape index (κ2) is 8.68. The molecule has 0 bridgehead atoms. The summed E-state index contributed by atoms with van der Waals surface area (Å²) in [5, 5.41) is 24.1. The summed E-state index contributed by atoms with van der Waals surface area (Å²) in [6, 6.07) is 9.36. The molecule has 1 aromatic carbocycles. The van der Waals surface area contributed by atoms with Crippen LogP contribution in [0.4, 0.5) is 17.6 Å². The molecule has 0 saturated carbocycles. The van der Waals surface area contributed by atoms with Crippen LogP contribution < -0.4 is 10.0 Å². The van der Waals surface area contributed by atoms with Crippen LogP contribution in [0.3, 0.4) is 0 Å². The lowest BCUT2D eigenvalue weighted by molar-refractivity contribution is -0.615. The minimum atomic E-state index is -4.96. The Bertz CT molecular complexity index is 1090. The third-order valence-electron chi connectivity index (χ3n) is 4.51. The maximum absolute atomic E-state index is 13.2. The number of aliphatic hydroxyl groups is 1. The molecule has 162 valence electrons. The summed E-state index contributed by atoms with van der Waals surface area (Å²) in [6.07, 6.45) is -5.67. The van der Waals surface area contributed by atoms with E-state index in [-0.39, 0.29) is 22.5 Å². The molecule has 3 aromatic rings. The minimum Gasteiger partial charge on any atom is -0.618 e. The molecule has 2 N–H and O–H groups in total. The fraction of sp³-hybridized carbons (Fsp3) is 0.190. The van der Waals surface area contributed by atoms with Crippen LogP contribution in [0, 0.1) is 11.0 Å². The lowest BCUT2D eigenvalue weighted by atomic mass is 9.98. The van der Waals surface area contributed by atoms with Gasteiger partial charge in [0.25, 0.3) is 5.91 Å². The van der Waals surface area contributed by atoms with Gasteiger partial charge in [-0.15, -0.1) is 0 Å². The average Bonchev–Trinajstić information content (AvgIpc) is 2.73. The maximum atomic E-state index is 13.2. The van der Waals surface area contributed by atoms with E-state index >= 15 is 0 Å². The number of carbonyl (C=O) groups is 1. The Hall–Kier alpha value is -3.53. The van der Waals surface area contributed by atoms with Crippen molar-refractivity contribution < 1.29 is 32.2 Å². The highest BCUT2D eigenvalue weighted by Crippen LogP contribution is 2.35. The lowest BCUT2D eigenvalue weighted by Gasteiger charge is -2.18. The van der Waals surface area contributed by atoms with Crippen molar-refractivity contribution in [1.29, 1.82) is 0 Å². The highest BCUT2D eigenvalue weighted by molar-refractivity contribution is 5.96. The largest absolute Gasteiger partial charge is 0.618 e. The number of benzene rings is 1. The predicted octanol–water partition coefficient (Wildman–Crippen LogP) is 3.61. The highest BCUT2D eigenvalue weighted by Gasteiger charge is 2.40. The third kappa shape index (κ3) is 5.15. The van der Waals surface area contributed by atoms with Crippen molar-refractivity contribution in [2.75, 3.05) is 0 Å². The number of hydrogen-bond donors (Lipinski definition) is 2. The predicted molar refractivity (Wildman–Crippen MR) is 102 cm³/mol. The van der Waals surface area contributed by atoms with E-state index in [9.17, 15) is 32.7 Å². The third-order valence-corrected chi connectivity index (χ3v) is 4.51. The number of rotatable bonds is 5. The van der Waals surface area contributed by atoms with E-state index in [1.54, 1.807) is 13.0 Å². The molecule has 0 saturated heterocycles. The first-order valence-corrected chi connectivity index (χ1v) is 9.07. The Morgan fingerprint density at radius 3 is 2.55 bits per heavy atom.